The lowest BCUT2D eigenvalue weighted by Crippen LogP contribution is -2.43. The third-order valence-electron chi connectivity index (χ3n) is 1.65. The lowest BCUT2D eigenvalue weighted by atomic mass is 10.1. The van der Waals surface area contributed by atoms with Gasteiger partial charge in [-0.15, -0.1) is 0 Å². The third kappa shape index (κ3) is 4.94. The van der Waals surface area contributed by atoms with Gasteiger partial charge >= 0.3 is 5.97 Å². The highest BCUT2D eigenvalue weighted by molar-refractivity contribution is 5.84. The largest absolute Gasteiger partial charge is 0.480 e. The second-order valence-electron chi connectivity index (χ2n) is 2.91. The predicted octanol–water partition coefficient (Wildman–Crippen LogP) is -0.950. The summed E-state index contributed by atoms with van der Waals surface area (Å²) in [4.78, 5) is 31.9. The fraction of sp³-hybridized carbons (Fsp3) is 0.625. The molecule has 86 valence electrons. The molecule has 0 spiro atoms. The van der Waals surface area contributed by atoms with Gasteiger partial charge in [0.05, 0.1) is 0 Å². The molecule has 0 aliphatic carbocycles. The summed E-state index contributed by atoms with van der Waals surface area (Å²) in [6.45, 7) is 1.11. The highest BCUT2D eigenvalue weighted by Crippen LogP contribution is 2.03. The summed E-state index contributed by atoms with van der Waals surface area (Å²) in [5.74, 6) is -2.88. The Hall–Kier alpha value is -1.66. The molecular formula is C8H13FN2O4. The highest BCUT2D eigenvalue weighted by Gasteiger charge is 2.26. The van der Waals surface area contributed by atoms with Gasteiger partial charge in [-0.05, 0) is 0 Å². The topological polar surface area (TPSA) is 95.5 Å². The van der Waals surface area contributed by atoms with E-state index in [1.54, 1.807) is 0 Å². The van der Waals surface area contributed by atoms with Crippen LogP contribution in [0.5, 0.6) is 0 Å². The zero-order chi connectivity index (χ0) is 12.0. The summed E-state index contributed by atoms with van der Waals surface area (Å²) in [5.41, 5.74) is 0. The molecule has 2 atom stereocenters. The van der Waals surface area contributed by atoms with Gasteiger partial charge in [0.1, 0.15) is 6.04 Å². The monoisotopic (exact) mass is 220 g/mol. The minimum Gasteiger partial charge on any atom is -0.480 e. The van der Waals surface area contributed by atoms with Crippen LogP contribution >= 0.6 is 0 Å². The van der Waals surface area contributed by atoms with Crippen LogP contribution in [0, 0.1) is 0 Å². The smallest absolute Gasteiger partial charge is 0.326 e. The van der Waals surface area contributed by atoms with Gasteiger partial charge in [0.2, 0.25) is 5.91 Å². The summed E-state index contributed by atoms with van der Waals surface area (Å²) in [7, 11) is 1.24. The maximum absolute atomic E-state index is 13.0. The van der Waals surface area contributed by atoms with Crippen molar-refractivity contribution in [3.05, 3.63) is 0 Å². The molecule has 2 amide bonds. The number of rotatable bonds is 5. The third-order valence-corrected chi connectivity index (χ3v) is 1.65. The van der Waals surface area contributed by atoms with E-state index in [0.29, 0.717) is 0 Å². The van der Waals surface area contributed by atoms with Crippen LogP contribution in [-0.4, -0.2) is 42.2 Å². The van der Waals surface area contributed by atoms with Crippen molar-refractivity contribution in [2.45, 2.75) is 25.6 Å². The number of alkyl halides is 1. The zero-order valence-electron chi connectivity index (χ0n) is 8.41. The average molecular weight is 220 g/mol. The van der Waals surface area contributed by atoms with Gasteiger partial charge in [0.15, 0.2) is 6.17 Å². The molecule has 0 bridgehead atoms. The molecule has 0 rings (SSSR count). The fourth-order valence-corrected chi connectivity index (χ4v) is 0.937. The Morgan fingerprint density at radius 1 is 1.40 bits per heavy atom. The SMILES string of the molecule is CNC(=O)[C@H](F)C[C@H](NC(C)=O)C(=O)O. The van der Waals surface area contributed by atoms with E-state index < -0.39 is 36.4 Å². The maximum atomic E-state index is 13.0. The molecule has 0 aliphatic rings. The van der Waals surface area contributed by atoms with Gasteiger partial charge in [-0.2, -0.15) is 0 Å². The number of aliphatic carboxylic acids is 1. The van der Waals surface area contributed by atoms with Gasteiger partial charge in [-0.1, -0.05) is 0 Å². The normalized spacial score (nSPS) is 13.8. The number of amides is 2. The van der Waals surface area contributed by atoms with E-state index in [0.717, 1.165) is 6.92 Å². The molecule has 0 saturated carbocycles. The second-order valence-corrected chi connectivity index (χ2v) is 2.91. The van der Waals surface area contributed by atoms with E-state index in [1.807, 2.05) is 10.6 Å². The van der Waals surface area contributed by atoms with E-state index >= 15 is 0 Å². The number of hydrogen-bond donors (Lipinski definition) is 3. The molecule has 0 unspecified atom stereocenters. The number of carbonyl (C=O) groups excluding carboxylic acids is 2. The van der Waals surface area contributed by atoms with E-state index in [-0.39, 0.29) is 0 Å². The molecule has 0 saturated heterocycles. The molecule has 15 heavy (non-hydrogen) atoms. The molecule has 0 aromatic rings. The minimum atomic E-state index is -1.96. The number of carboxylic acids is 1. The standard InChI is InChI=1S/C8H13FN2O4/c1-4(12)11-6(8(14)15)3-5(9)7(13)10-2/h5-6H,3H2,1-2H3,(H,10,13)(H,11,12)(H,14,15)/t5-,6+/m1/s1. The molecular weight excluding hydrogens is 207 g/mol. The average Bonchev–Trinajstić information content (AvgIpc) is 2.14. The van der Waals surface area contributed by atoms with Crippen LogP contribution in [0.3, 0.4) is 0 Å². The first-order valence-electron chi connectivity index (χ1n) is 4.24. The van der Waals surface area contributed by atoms with Gasteiger partial charge in [-0.3, -0.25) is 9.59 Å². The van der Waals surface area contributed by atoms with Crippen LogP contribution in [0.25, 0.3) is 0 Å². The quantitative estimate of drug-likeness (QED) is 0.556. The number of carbonyl (C=O) groups is 3. The Labute approximate surface area is 85.8 Å². The van der Waals surface area contributed by atoms with Crippen LogP contribution in [0.15, 0.2) is 0 Å². The first kappa shape index (κ1) is 13.3. The zero-order valence-corrected chi connectivity index (χ0v) is 8.41. The Balaban J connectivity index is 4.34. The summed E-state index contributed by atoms with van der Waals surface area (Å²) in [5, 5.41) is 12.7. The molecule has 0 fully saturated rings. The van der Waals surface area contributed by atoms with Crippen molar-refractivity contribution in [2.75, 3.05) is 7.05 Å². The summed E-state index contributed by atoms with van der Waals surface area (Å²) in [6, 6.07) is -1.39. The molecule has 6 nitrogen and oxygen atoms in total. The predicted molar refractivity (Wildman–Crippen MR) is 48.8 cm³/mol. The number of nitrogens with one attached hydrogen (secondary N) is 2. The first-order chi connectivity index (χ1) is 6.88. The molecule has 0 aromatic heterocycles. The minimum absolute atomic E-state index is 0.589. The van der Waals surface area contributed by atoms with Crippen molar-refractivity contribution in [2.24, 2.45) is 0 Å². The summed E-state index contributed by atoms with van der Waals surface area (Å²) < 4.78 is 13.0. The van der Waals surface area contributed by atoms with Crippen LogP contribution in [0.4, 0.5) is 4.39 Å². The summed E-state index contributed by atoms with van der Waals surface area (Å²) in [6.07, 6.45) is -2.54. The highest BCUT2D eigenvalue weighted by atomic mass is 19.1. The number of carboxylic acid groups (broad SMARTS) is 1. The lowest BCUT2D eigenvalue weighted by Gasteiger charge is -2.14. The van der Waals surface area contributed by atoms with Crippen molar-refractivity contribution >= 4 is 17.8 Å². The molecule has 0 radical (unpaired) electrons. The van der Waals surface area contributed by atoms with Crippen molar-refractivity contribution in [1.29, 1.82) is 0 Å². The van der Waals surface area contributed by atoms with Crippen LogP contribution in [-0.2, 0) is 14.4 Å². The maximum Gasteiger partial charge on any atom is 0.326 e. The van der Waals surface area contributed by atoms with Crippen LogP contribution in [0.2, 0.25) is 0 Å². The van der Waals surface area contributed by atoms with Gasteiger partial charge < -0.3 is 15.7 Å². The van der Waals surface area contributed by atoms with E-state index in [4.69, 9.17) is 5.11 Å². The lowest BCUT2D eigenvalue weighted by molar-refractivity contribution is -0.142. The second kappa shape index (κ2) is 5.94. The van der Waals surface area contributed by atoms with E-state index in [9.17, 15) is 18.8 Å². The van der Waals surface area contributed by atoms with Crippen LogP contribution < -0.4 is 10.6 Å². The molecule has 0 heterocycles. The first-order valence-corrected chi connectivity index (χ1v) is 4.24. The Bertz CT molecular complexity index is 269. The molecule has 7 heteroatoms. The van der Waals surface area contributed by atoms with Gasteiger partial charge in [0.25, 0.3) is 5.91 Å². The van der Waals surface area contributed by atoms with Gasteiger partial charge in [-0.25, -0.2) is 9.18 Å². The van der Waals surface area contributed by atoms with Crippen molar-refractivity contribution in [3.8, 4) is 0 Å². The van der Waals surface area contributed by atoms with Crippen molar-refractivity contribution in [1.82, 2.24) is 10.6 Å². The Morgan fingerprint density at radius 2 is 1.93 bits per heavy atom. The van der Waals surface area contributed by atoms with Crippen molar-refractivity contribution in [3.63, 3.8) is 0 Å². The molecule has 3 N–H and O–H groups in total. The Morgan fingerprint density at radius 3 is 2.27 bits per heavy atom. The number of hydrogen-bond acceptors (Lipinski definition) is 3. The molecule has 0 aromatic carbocycles. The Kier molecular flexibility index (Phi) is 5.29. The van der Waals surface area contributed by atoms with E-state index in [1.165, 1.54) is 7.05 Å². The number of halogens is 1. The van der Waals surface area contributed by atoms with E-state index in [2.05, 4.69) is 0 Å². The van der Waals surface area contributed by atoms with Crippen molar-refractivity contribution < 1.29 is 23.9 Å². The van der Waals surface area contributed by atoms with Crippen LogP contribution in [0.1, 0.15) is 13.3 Å². The molecule has 0 aliphatic heterocycles. The summed E-state index contributed by atoms with van der Waals surface area (Å²) >= 11 is 0. The fourth-order valence-electron chi connectivity index (χ4n) is 0.937. The van der Waals surface area contributed by atoms with Gasteiger partial charge in [0, 0.05) is 20.4 Å².